The quantitative estimate of drug-likeness (QED) is 0.538. The monoisotopic (exact) mass is 495 g/mol. The van der Waals surface area contributed by atoms with Crippen LogP contribution in [-0.4, -0.2) is 56.2 Å². The van der Waals surface area contributed by atoms with E-state index in [-0.39, 0.29) is 23.5 Å². The number of benzene rings is 2. The Kier molecular flexibility index (Phi) is 7.94. The fraction of sp³-hybridized carbons (Fsp3) is 0.318. The first-order valence-corrected chi connectivity index (χ1v) is 11.8. The smallest absolute Gasteiger partial charge is 0.324 e. The van der Waals surface area contributed by atoms with E-state index < -0.39 is 58.6 Å². The van der Waals surface area contributed by atoms with E-state index in [4.69, 9.17) is 4.74 Å². The highest BCUT2D eigenvalue weighted by atomic mass is 32.2. The molecule has 1 saturated heterocycles. The van der Waals surface area contributed by atoms with Gasteiger partial charge in [0.1, 0.15) is 6.04 Å². The average Bonchev–Trinajstić information content (AvgIpc) is 3.30. The highest BCUT2D eigenvalue weighted by molar-refractivity contribution is 7.89. The van der Waals surface area contributed by atoms with Crippen LogP contribution in [0.4, 0.5) is 14.5 Å². The minimum atomic E-state index is -3.92. The van der Waals surface area contributed by atoms with E-state index >= 15 is 0 Å². The number of nitrogens with one attached hydrogen (secondary N) is 2. The minimum Gasteiger partial charge on any atom is -0.454 e. The molecule has 182 valence electrons. The molecule has 9 nitrogen and oxygen atoms in total. The van der Waals surface area contributed by atoms with Crippen molar-refractivity contribution in [3.05, 3.63) is 59.7 Å². The van der Waals surface area contributed by atoms with Gasteiger partial charge >= 0.3 is 5.97 Å². The maximum atomic E-state index is 13.2. The third kappa shape index (κ3) is 6.14. The van der Waals surface area contributed by atoms with Gasteiger partial charge in [0.15, 0.2) is 18.2 Å². The number of carbonyl (C=O) groups excluding carboxylic acids is 3. The van der Waals surface area contributed by atoms with E-state index in [1.807, 2.05) is 6.92 Å². The summed E-state index contributed by atoms with van der Waals surface area (Å²) in [5.74, 6) is -4.58. The largest absolute Gasteiger partial charge is 0.454 e. The van der Waals surface area contributed by atoms with Gasteiger partial charge in [-0.1, -0.05) is 17.7 Å². The van der Waals surface area contributed by atoms with Crippen molar-refractivity contribution in [3.8, 4) is 0 Å². The van der Waals surface area contributed by atoms with Crippen LogP contribution in [0.2, 0.25) is 0 Å². The molecule has 0 radical (unpaired) electrons. The molecule has 1 aliphatic rings. The van der Waals surface area contributed by atoms with Crippen LogP contribution in [0.5, 0.6) is 0 Å². The van der Waals surface area contributed by atoms with E-state index in [1.54, 1.807) is 12.1 Å². The topological polar surface area (TPSA) is 122 Å². The molecular formula is C22H23F2N3O6S. The van der Waals surface area contributed by atoms with Crippen molar-refractivity contribution in [1.29, 1.82) is 0 Å². The summed E-state index contributed by atoms with van der Waals surface area (Å²) in [6.07, 6.45) is 0.712. The van der Waals surface area contributed by atoms with E-state index in [2.05, 4.69) is 10.6 Å². The van der Waals surface area contributed by atoms with E-state index in [1.165, 1.54) is 12.1 Å². The Labute approximate surface area is 195 Å². The molecule has 0 saturated carbocycles. The maximum absolute atomic E-state index is 13.2. The Morgan fingerprint density at radius 3 is 2.44 bits per heavy atom. The van der Waals surface area contributed by atoms with Crippen LogP contribution in [0.3, 0.4) is 0 Å². The van der Waals surface area contributed by atoms with Gasteiger partial charge in [0.25, 0.3) is 5.91 Å². The molecule has 0 unspecified atom stereocenters. The van der Waals surface area contributed by atoms with Gasteiger partial charge in [-0.3, -0.25) is 14.4 Å². The molecular weight excluding hydrogens is 472 g/mol. The fourth-order valence-corrected chi connectivity index (χ4v) is 5.00. The van der Waals surface area contributed by atoms with Crippen LogP contribution in [-0.2, 0) is 29.1 Å². The molecule has 1 heterocycles. The molecule has 2 amide bonds. The third-order valence-electron chi connectivity index (χ3n) is 5.10. The van der Waals surface area contributed by atoms with Crippen LogP contribution in [0, 0.1) is 18.6 Å². The molecule has 2 N–H and O–H groups in total. The van der Waals surface area contributed by atoms with Gasteiger partial charge in [-0.15, -0.1) is 0 Å². The second-order valence-corrected chi connectivity index (χ2v) is 9.54. The van der Waals surface area contributed by atoms with Crippen LogP contribution in [0.1, 0.15) is 18.4 Å². The summed E-state index contributed by atoms with van der Waals surface area (Å²) in [4.78, 5) is 36.3. The number of carbonyl (C=O) groups is 3. The molecule has 2 aromatic rings. The summed E-state index contributed by atoms with van der Waals surface area (Å²) in [6.45, 7) is 0.745. The number of esters is 1. The van der Waals surface area contributed by atoms with E-state index in [9.17, 15) is 31.6 Å². The highest BCUT2D eigenvalue weighted by Crippen LogP contribution is 2.27. The normalized spacial score (nSPS) is 16.1. The minimum absolute atomic E-state index is 0.000637. The lowest BCUT2D eigenvalue weighted by Gasteiger charge is -2.22. The molecule has 2 aromatic carbocycles. The summed E-state index contributed by atoms with van der Waals surface area (Å²) in [5, 5.41) is 4.49. The van der Waals surface area contributed by atoms with Gasteiger partial charge in [-0.05, 0) is 44.0 Å². The molecule has 12 heteroatoms. The van der Waals surface area contributed by atoms with Gasteiger partial charge < -0.3 is 15.4 Å². The van der Waals surface area contributed by atoms with Gasteiger partial charge in [-0.2, -0.15) is 4.31 Å². The number of ether oxygens (including phenoxy) is 1. The predicted molar refractivity (Wildman–Crippen MR) is 117 cm³/mol. The lowest BCUT2D eigenvalue weighted by atomic mass is 10.2. The lowest BCUT2D eigenvalue weighted by molar-refractivity contribution is -0.151. The summed E-state index contributed by atoms with van der Waals surface area (Å²) in [5.41, 5.74) is 0.890. The van der Waals surface area contributed by atoms with Crippen molar-refractivity contribution < 1.29 is 36.3 Å². The lowest BCUT2D eigenvalue weighted by Crippen LogP contribution is -2.42. The summed E-state index contributed by atoms with van der Waals surface area (Å²) < 4.78 is 58.0. The zero-order valence-corrected chi connectivity index (χ0v) is 19.0. The molecule has 0 bridgehead atoms. The van der Waals surface area contributed by atoms with Gasteiger partial charge in [0.2, 0.25) is 15.9 Å². The standard InChI is InChI=1S/C22H23F2N3O6S/c1-14-4-7-16(8-5-14)34(31,32)27-10-2-3-19(27)22(30)33-13-21(29)25-12-20(28)26-15-6-9-17(23)18(24)11-15/h4-9,11,19H,2-3,10,12-13H2,1H3,(H,25,29)(H,26,28)/t19-/m0/s1. The van der Waals surface area contributed by atoms with Crippen molar-refractivity contribution in [2.45, 2.75) is 30.7 Å². The van der Waals surface area contributed by atoms with Crippen LogP contribution in [0.25, 0.3) is 0 Å². The van der Waals surface area contributed by atoms with Gasteiger partial charge in [0, 0.05) is 18.3 Å². The van der Waals surface area contributed by atoms with E-state index in [0.717, 1.165) is 28.1 Å². The zero-order chi connectivity index (χ0) is 24.9. The Hall–Kier alpha value is -3.38. The van der Waals surface area contributed by atoms with E-state index in [0.29, 0.717) is 6.42 Å². The Balaban J connectivity index is 1.49. The number of anilines is 1. The van der Waals surface area contributed by atoms with Crippen molar-refractivity contribution in [2.75, 3.05) is 25.0 Å². The summed E-state index contributed by atoms with van der Waals surface area (Å²) in [7, 11) is -3.92. The van der Waals surface area contributed by atoms with Gasteiger partial charge in [0.05, 0.1) is 11.4 Å². The second-order valence-electron chi connectivity index (χ2n) is 7.65. The van der Waals surface area contributed by atoms with Crippen molar-refractivity contribution >= 4 is 33.5 Å². The third-order valence-corrected chi connectivity index (χ3v) is 7.02. The van der Waals surface area contributed by atoms with Crippen LogP contribution >= 0.6 is 0 Å². The Bertz CT molecular complexity index is 1190. The Morgan fingerprint density at radius 1 is 1.06 bits per heavy atom. The van der Waals surface area contributed by atoms with Crippen molar-refractivity contribution in [3.63, 3.8) is 0 Å². The number of nitrogens with zero attached hydrogens (tertiary/aromatic N) is 1. The number of halogens is 2. The second kappa shape index (κ2) is 10.7. The number of hydrogen-bond donors (Lipinski definition) is 2. The molecule has 1 fully saturated rings. The zero-order valence-electron chi connectivity index (χ0n) is 18.2. The van der Waals surface area contributed by atoms with Gasteiger partial charge in [-0.25, -0.2) is 17.2 Å². The molecule has 1 atom stereocenters. The number of aryl methyl sites for hydroxylation is 1. The number of hydrogen-bond acceptors (Lipinski definition) is 6. The summed E-state index contributed by atoms with van der Waals surface area (Å²) in [6, 6.07) is 7.96. The summed E-state index contributed by atoms with van der Waals surface area (Å²) >= 11 is 0. The number of amides is 2. The first-order valence-electron chi connectivity index (χ1n) is 10.3. The number of rotatable bonds is 8. The van der Waals surface area contributed by atoms with Crippen molar-refractivity contribution in [1.82, 2.24) is 9.62 Å². The molecule has 34 heavy (non-hydrogen) atoms. The first kappa shape index (κ1) is 25.2. The SMILES string of the molecule is Cc1ccc(S(=O)(=O)N2CCC[C@H]2C(=O)OCC(=O)NCC(=O)Nc2ccc(F)c(F)c2)cc1. The van der Waals surface area contributed by atoms with Crippen molar-refractivity contribution in [2.24, 2.45) is 0 Å². The number of sulfonamides is 1. The Morgan fingerprint density at radius 2 is 1.76 bits per heavy atom. The molecule has 1 aliphatic heterocycles. The average molecular weight is 496 g/mol. The fourth-order valence-electron chi connectivity index (χ4n) is 3.35. The molecule has 3 rings (SSSR count). The first-order chi connectivity index (χ1) is 16.1. The molecule has 0 aromatic heterocycles. The van der Waals surface area contributed by atoms with Crippen LogP contribution < -0.4 is 10.6 Å². The molecule has 0 spiro atoms. The van der Waals surface area contributed by atoms with Crippen LogP contribution in [0.15, 0.2) is 47.4 Å². The maximum Gasteiger partial charge on any atom is 0.324 e. The molecule has 0 aliphatic carbocycles. The predicted octanol–water partition coefficient (Wildman–Crippen LogP) is 1.72. The highest BCUT2D eigenvalue weighted by Gasteiger charge is 2.40.